The molecule has 0 amide bonds. The number of hydrogen-bond donors (Lipinski definition) is 0. The second kappa shape index (κ2) is 4.12. The summed E-state index contributed by atoms with van der Waals surface area (Å²) in [6.45, 7) is 1.64. The van der Waals surface area contributed by atoms with E-state index in [1.165, 1.54) is 6.21 Å². The number of alkyl halides is 3. The van der Waals surface area contributed by atoms with E-state index < -0.39 is 17.7 Å². The van der Waals surface area contributed by atoms with E-state index in [2.05, 4.69) is 4.99 Å². The number of benzene rings is 1. The molecule has 0 N–H and O–H groups in total. The SMILES string of the molecule is COc1cc2c(cc1C(F)(F)F)N=CC(C)C2=O. The van der Waals surface area contributed by atoms with Crippen LogP contribution < -0.4 is 4.74 Å². The first-order chi connectivity index (χ1) is 8.34. The Kier molecular flexibility index (Phi) is 2.88. The van der Waals surface area contributed by atoms with Gasteiger partial charge in [0.25, 0.3) is 0 Å². The molecule has 6 heteroatoms. The molecule has 0 radical (unpaired) electrons. The average Bonchev–Trinajstić information content (AvgIpc) is 2.31. The highest BCUT2D eigenvalue weighted by atomic mass is 19.4. The van der Waals surface area contributed by atoms with Gasteiger partial charge in [0.2, 0.25) is 0 Å². The molecular formula is C12H10F3NO2. The van der Waals surface area contributed by atoms with Gasteiger partial charge in [0.1, 0.15) is 5.75 Å². The molecule has 1 aliphatic rings. The van der Waals surface area contributed by atoms with Gasteiger partial charge in [0.15, 0.2) is 5.78 Å². The fraction of sp³-hybridized carbons (Fsp3) is 0.333. The Bertz CT molecular complexity index is 535. The molecule has 0 saturated heterocycles. The number of rotatable bonds is 1. The highest BCUT2D eigenvalue weighted by Crippen LogP contribution is 2.41. The Balaban J connectivity index is 2.65. The van der Waals surface area contributed by atoms with Crippen LogP contribution in [-0.4, -0.2) is 19.1 Å². The molecule has 1 heterocycles. The number of aliphatic imine (C=N–C) groups is 1. The maximum Gasteiger partial charge on any atom is 0.420 e. The molecule has 0 aromatic heterocycles. The van der Waals surface area contributed by atoms with Crippen molar-refractivity contribution in [2.75, 3.05) is 7.11 Å². The van der Waals surface area contributed by atoms with E-state index in [4.69, 9.17) is 4.74 Å². The number of hydrogen-bond acceptors (Lipinski definition) is 3. The molecule has 2 rings (SSSR count). The summed E-state index contributed by atoms with van der Waals surface area (Å²) >= 11 is 0. The molecule has 1 unspecified atom stereocenters. The van der Waals surface area contributed by atoms with Gasteiger partial charge < -0.3 is 4.74 Å². The Morgan fingerprint density at radius 3 is 2.56 bits per heavy atom. The third-order valence-corrected chi connectivity index (χ3v) is 2.74. The minimum Gasteiger partial charge on any atom is -0.496 e. The minimum absolute atomic E-state index is 0.0335. The van der Waals surface area contributed by atoms with Crippen LogP contribution in [0.2, 0.25) is 0 Å². The molecule has 0 bridgehead atoms. The summed E-state index contributed by atoms with van der Waals surface area (Å²) in [5, 5.41) is 0. The maximum atomic E-state index is 12.8. The van der Waals surface area contributed by atoms with Gasteiger partial charge in [0.05, 0.1) is 24.3 Å². The van der Waals surface area contributed by atoms with Crippen molar-refractivity contribution in [1.82, 2.24) is 0 Å². The highest BCUT2D eigenvalue weighted by molar-refractivity contribution is 6.12. The van der Waals surface area contributed by atoms with Crippen molar-refractivity contribution in [1.29, 1.82) is 0 Å². The van der Waals surface area contributed by atoms with Crippen LogP contribution >= 0.6 is 0 Å². The summed E-state index contributed by atoms with van der Waals surface area (Å²) in [6.07, 6.45) is -3.20. The predicted molar refractivity (Wildman–Crippen MR) is 59.6 cm³/mol. The third-order valence-electron chi connectivity index (χ3n) is 2.74. The Hall–Kier alpha value is -1.85. The van der Waals surface area contributed by atoms with E-state index in [9.17, 15) is 18.0 Å². The molecule has 0 fully saturated rings. The molecule has 1 atom stereocenters. The van der Waals surface area contributed by atoms with E-state index in [-0.39, 0.29) is 22.8 Å². The summed E-state index contributed by atoms with van der Waals surface area (Å²) in [7, 11) is 1.14. The van der Waals surface area contributed by atoms with Crippen molar-refractivity contribution in [3.63, 3.8) is 0 Å². The Morgan fingerprint density at radius 2 is 2.00 bits per heavy atom. The number of carbonyl (C=O) groups excluding carboxylic acids is 1. The number of methoxy groups -OCH3 is 1. The summed E-state index contributed by atoms with van der Waals surface area (Å²) < 4.78 is 43.0. The van der Waals surface area contributed by atoms with Crippen molar-refractivity contribution in [2.24, 2.45) is 10.9 Å². The zero-order chi connectivity index (χ0) is 13.5. The van der Waals surface area contributed by atoms with Gasteiger partial charge >= 0.3 is 6.18 Å². The fourth-order valence-corrected chi connectivity index (χ4v) is 1.77. The van der Waals surface area contributed by atoms with Gasteiger partial charge in [-0.3, -0.25) is 9.79 Å². The molecule has 96 valence electrons. The predicted octanol–water partition coefficient (Wildman–Crippen LogP) is 3.25. The van der Waals surface area contributed by atoms with Crippen LogP contribution in [0.4, 0.5) is 18.9 Å². The molecular weight excluding hydrogens is 247 g/mol. The lowest BCUT2D eigenvalue weighted by atomic mass is 9.94. The molecule has 1 aliphatic heterocycles. The van der Waals surface area contributed by atoms with Crippen molar-refractivity contribution in [3.8, 4) is 5.75 Å². The molecule has 0 spiro atoms. The quantitative estimate of drug-likeness (QED) is 0.774. The second-order valence-electron chi connectivity index (χ2n) is 4.00. The maximum absolute atomic E-state index is 12.8. The molecule has 0 aliphatic carbocycles. The van der Waals surface area contributed by atoms with Crippen LogP contribution in [-0.2, 0) is 6.18 Å². The molecule has 0 saturated carbocycles. The minimum atomic E-state index is -4.54. The van der Waals surface area contributed by atoms with Gasteiger partial charge in [-0.2, -0.15) is 13.2 Å². The first kappa shape index (κ1) is 12.6. The van der Waals surface area contributed by atoms with E-state index in [1.807, 2.05) is 0 Å². The number of carbonyl (C=O) groups is 1. The smallest absolute Gasteiger partial charge is 0.420 e. The van der Waals surface area contributed by atoms with Crippen LogP contribution in [0, 0.1) is 5.92 Å². The number of Topliss-reactive ketones (excluding diaryl/α,β-unsaturated/α-hetero) is 1. The summed E-state index contributed by atoms with van der Waals surface area (Å²) in [5.74, 6) is -1.05. The standard InChI is InChI=1S/C12H10F3NO2/c1-6-5-16-9-4-8(12(13,14)15)10(18-2)3-7(9)11(6)17/h3-6H,1-2H3. The topological polar surface area (TPSA) is 38.7 Å². The third kappa shape index (κ3) is 1.98. The van der Waals surface area contributed by atoms with Crippen molar-refractivity contribution in [2.45, 2.75) is 13.1 Å². The Morgan fingerprint density at radius 1 is 1.33 bits per heavy atom. The fourth-order valence-electron chi connectivity index (χ4n) is 1.77. The van der Waals surface area contributed by atoms with Gasteiger partial charge in [-0.25, -0.2) is 0 Å². The van der Waals surface area contributed by atoms with Crippen molar-refractivity contribution >= 4 is 17.7 Å². The highest BCUT2D eigenvalue weighted by Gasteiger charge is 2.36. The van der Waals surface area contributed by atoms with E-state index in [0.717, 1.165) is 19.2 Å². The summed E-state index contributed by atoms with van der Waals surface area (Å²) in [6, 6.07) is 1.95. The van der Waals surface area contributed by atoms with Crippen LogP contribution in [0.5, 0.6) is 5.75 Å². The van der Waals surface area contributed by atoms with E-state index in [0.29, 0.717) is 0 Å². The molecule has 1 aromatic carbocycles. The van der Waals surface area contributed by atoms with Gasteiger partial charge in [-0.1, -0.05) is 6.92 Å². The van der Waals surface area contributed by atoms with Crippen LogP contribution in [0.1, 0.15) is 22.8 Å². The van der Waals surface area contributed by atoms with Gasteiger partial charge in [-0.05, 0) is 12.1 Å². The van der Waals surface area contributed by atoms with Crippen molar-refractivity contribution in [3.05, 3.63) is 23.3 Å². The number of fused-ring (bicyclic) bond motifs is 1. The number of ketones is 1. The van der Waals surface area contributed by atoms with Gasteiger partial charge in [-0.15, -0.1) is 0 Å². The second-order valence-corrected chi connectivity index (χ2v) is 4.00. The largest absolute Gasteiger partial charge is 0.496 e. The zero-order valence-electron chi connectivity index (χ0n) is 9.71. The lowest BCUT2D eigenvalue weighted by Gasteiger charge is -2.18. The number of halogens is 3. The lowest BCUT2D eigenvalue weighted by molar-refractivity contribution is -0.138. The first-order valence-corrected chi connectivity index (χ1v) is 5.22. The Labute approximate surface area is 101 Å². The molecule has 1 aromatic rings. The van der Waals surface area contributed by atoms with Crippen LogP contribution in [0.15, 0.2) is 17.1 Å². The number of nitrogens with zero attached hydrogens (tertiary/aromatic N) is 1. The lowest BCUT2D eigenvalue weighted by Crippen LogP contribution is -2.17. The van der Waals surface area contributed by atoms with E-state index >= 15 is 0 Å². The zero-order valence-corrected chi connectivity index (χ0v) is 9.71. The van der Waals surface area contributed by atoms with Gasteiger partial charge in [0, 0.05) is 11.8 Å². The first-order valence-electron chi connectivity index (χ1n) is 5.22. The summed E-state index contributed by atoms with van der Waals surface area (Å²) in [5.41, 5.74) is -0.732. The van der Waals surface area contributed by atoms with Crippen LogP contribution in [0.25, 0.3) is 0 Å². The molecule has 3 nitrogen and oxygen atoms in total. The van der Waals surface area contributed by atoms with Crippen molar-refractivity contribution < 1.29 is 22.7 Å². The number of ether oxygens (including phenoxy) is 1. The van der Waals surface area contributed by atoms with E-state index in [1.54, 1.807) is 6.92 Å². The monoisotopic (exact) mass is 257 g/mol. The normalized spacial score (nSPS) is 18.7. The van der Waals surface area contributed by atoms with Crippen LogP contribution in [0.3, 0.4) is 0 Å². The molecule has 18 heavy (non-hydrogen) atoms. The average molecular weight is 257 g/mol. The summed E-state index contributed by atoms with van der Waals surface area (Å²) in [4.78, 5) is 15.7.